The second-order valence-electron chi connectivity index (χ2n) is 3.67. The number of nitrogens with two attached hydrogens (primary N) is 1. The molecule has 0 bridgehead atoms. The van der Waals surface area contributed by atoms with Gasteiger partial charge in [-0.25, -0.2) is 17.8 Å². The minimum absolute atomic E-state index is 0.0347. The average Bonchev–Trinajstić information content (AvgIpc) is 2.26. The van der Waals surface area contributed by atoms with Gasteiger partial charge >= 0.3 is 0 Å². The maximum Gasteiger partial charge on any atom is 0.263 e. The number of halogens is 2. The second-order valence-corrected chi connectivity index (χ2v) is 5.35. The van der Waals surface area contributed by atoms with Gasteiger partial charge < -0.3 is 5.73 Å². The molecular formula is C11H9F2N3O2S. The predicted molar refractivity (Wildman–Crippen MR) is 65.8 cm³/mol. The monoisotopic (exact) mass is 285 g/mol. The zero-order valence-electron chi connectivity index (χ0n) is 9.47. The van der Waals surface area contributed by atoms with Gasteiger partial charge in [0.05, 0.1) is 4.90 Å². The van der Waals surface area contributed by atoms with Gasteiger partial charge in [-0.2, -0.15) is 4.39 Å². The lowest BCUT2D eigenvalue weighted by atomic mass is 10.3. The highest BCUT2D eigenvalue weighted by Crippen LogP contribution is 2.18. The van der Waals surface area contributed by atoms with Crippen LogP contribution in [0.3, 0.4) is 0 Å². The first kappa shape index (κ1) is 13.2. The number of nitrogen functional groups attached to an aromatic ring is 1. The summed E-state index contributed by atoms with van der Waals surface area (Å²) in [5.41, 5.74) is 5.33. The van der Waals surface area contributed by atoms with Crippen molar-refractivity contribution in [2.45, 2.75) is 4.90 Å². The molecule has 0 spiro atoms. The number of hydrogen-bond donors (Lipinski definition) is 2. The maximum absolute atomic E-state index is 13.1. The Labute approximate surface area is 108 Å². The Morgan fingerprint density at radius 2 is 1.89 bits per heavy atom. The van der Waals surface area contributed by atoms with Gasteiger partial charge in [-0.05, 0) is 30.3 Å². The molecular weight excluding hydrogens is 276 g/mol. The number of anilines is 2. The molecule has 0 radical (unpaired) electrons. The van der Waals surface area contributed by atoms with Crippen LogP contribution in [-0.2, 0) is 10.0 Å². The van der Waals surface area contributed by atoms with Crippen molar-refractivity contribution in [1.82, 2.24) is 4.98 Å². The zero-order valence-corrected chi connectivity index (χ0v) is 10.3. The van der Waals surface area contributed by atoms with E-state index in [0.29, 0.717) is 0 Å². The topological polar surface area (TPSA) is 85.1 Å². The summed E-state index contributed by atoms with van der Waals surface area (Å²) in [4.78, 5) is 2.98. The molecule has 2 aromatic rings. The summed E-state index contributed by atoms with van der Waals surface area (Å²) < 4.78 is 51.8. The molecule has 0 amide bonds. The molecule has 5 nitrogen and oxygen atoms in total. The van der Waals surface area contributed by atoms with Crippen molar-refractivity contribution in [3.63, 3.8) is 0 Å². The first-order valence-electron chi connectivity index (χ1n) is 5.08. The van der Waals surface area contributed by atoms with Crippen molar-refractivity contribution in [2.75, 3.05) is 10.5 Å². The van der Waals surface area contributed by atoms with Crippen molar-refractivity contribution in [3.05, 3.63) is 48.2 Å². The number of benzene rings is 1. The van der Waals surface area contributed by atoms with Gasteiger partial charge in [0.25, 0.3) is 10.0 Å². The van der Waals surface area contributed by atoms with Gasteiger partial charge in [-0.3, -0.25) is 4.72 Å². The SMILES string of the molecule is Nc1cc(F)cc(S(=O)(=O)Nc2cccc(F)n2)c1. The molecule has 2 rings (SSSR count). The third-order valence-electron chi connectivity index (χ3n) is 2.16. The van der Waals surface area contributed by atoms with Crippen LogP contribution in [0.5, 0.6) is 0 Å². The van der Waals surface area contributed by atoms with Gasteiger partial charge in [-0.1, -0.05) is 6.07 Å². The molecule has 0 atom stereocenters. The number of nitrogens with one attached hydrogen (secondary N) is 1. The van der Waals surface area contributed by atoms with Crippen LogP contribution in [0.25, 0.3) is 0 Å². The van der Waals surface area contributed by atoms with E-state index in [2.05, 4.69) is 4.98 Å². The Morgan fingerprint density at radius 1 is 1.16 bits per heavy atom. The van der Waals surface area contributed by atoms with Crippen LogP contribution in [0, 0.1) is 11.8 Å². The molecule has 0 unspecified atom stereocenters. The molecule has 0 aliphatic carbocycles. The quantitative estimate of drug-likeness (QED) is 0.664. The maximum atomic E-state index is 13.1. The van der Waals surface area contributed by atoms with Crippen LogP contribution >= 0.6 is 0 Å². The molecule has 1 aromatic carbocycles. The molecule has 0 fully saturated rings. The fourth-order valence-corrected chi connectivity index (χ4v) is 2.47. The first-order valence-corrected chi connectivity index (χ1v) is 6.56. The number of rotatable bonds is 3. The largest absolute Gasteiger partial charge is 0.399 e. The van der Waals surface area contributed by atoms with Crippen molar-refractivity contribution >= 4 is 21.5 Å². The third-order valence-corrected chi connectivity index (χ3v) is 3.49. The summed E-state index contributed by atoms with van der Waals surface area (Å²) >= 11 is 0. The third kappa shape index (κ3) is 3.16. The highest BCUT2D eigenvalue weighted by atomic mass is 32.2. The Bertz CT molecular complexity index is 699. The van der Waals surface area contributed by atoms with E-state index in [0.717, 1.165) is 24.3 Å². The minimum Gasteiger partial charge on any atom is -0.399 e. The number of hydrogen-bond acceptors (Lipinski definition) is 4. The highest BCUT2D eigenvalue weighted by molar-refractivity contribution is 7.92. The Hall–Kier alpha value is -2.22. The fraction of sp³-hybridized carbons (Fsp3) is 0. The summed E-state index contributed by atoms with van der Waals surface area (Å²) in [7, 11) is -4.07. The standard InChI is InChI=1S/C11H9F2N3O2S/c12-7-4-8(14)6-9(5-7)19(17,18)16-11-3-1-2-10(13)15-11/h1-6H,14H2,(H,15,16). The van der Waals surface area contributed by atoms with E-state index in [1.807, 2.05) is 4.72 Å². The normalized spacial score (nSPS) is 11.3. The van der Waals surface area contributed by atoms with Crippen LogP contribution in [0.1, 0.15) is 0 Å². The lowest BCUT2D eigenvalue weighted by Crippen LogP contribution is -2.14. The molecule has 8 heteroatoms. The Morgan fingerprint density at radius 3 is 2.53 bits per heavy atom. The van der Waals surface area contributed by atoms with Gasteiger partial charge in [0.1, 0.15) is 11.6 Å². The summed E-state index contributed by atoms with van der Waals surface area (Å²) in [5, 5.41) is 0. The summed E-state index contributed by atoms with van der Waals surface area (Å²) in [6, 6.07) is 6.50. The summed E-state index contributed by atoms with van der Waals surface area (Å²) in [6.45, 7) is 0. The molecule has 1 aromatic heterocycles. The van der Waals surface area contributed by atoms with Gasteiger partial charge in [-0.15, -0.1) is 0 Å². The van der Waals surface area contributed by atoms with Crippen molar-refractivity contribution < 1.29 is 17.2 Å². The number of nitrogens with zero attached hydrogens (tertiary/aromatic N) is 1. The molecule has 3 N–H and O–H groups in total. The molecule has 0 aliphatic heterocycles. The minimum atomic E-state index is -4.07. The van der Waals surface area contributed by atoms with E-state index in [4.69, 9.17) is 5.73 Å². The molecule has 100 valence electrons. The van der Waals surface area contributed by atoms with E-state index in [9.17, 15) is 17.2 Å². The van der Waals surface area contributed by atoms with Crippen LogP contribution < -0.4 is 10.5 Å². The second kappa shape index (κ2) is 4.81. The van der Waals surface area contributed by atoms with Crippen molar-refractivity contribution in [3.8, 4) is 0 Å². The van der Waals surface area contributed by atoms with Crippen LogP contribution in [0.15, 0.2) is 41.3 Å². The van der Waals surface area contributed by atoms with E-state index in [-0.39, 0.29) is 16.4 Å². The number of aromatic nitrogens is 1. The summed E-state index contributed by atoms with van der Waals surface area (Å²) in [6.07, 6.45) is 0. The van der Waals surface area contributed by atoms with Crippen LogP contribution in [0.2, 0.25) is 0 Å². The molecule has 19 heavy (non-hydrogen) atoms. The lowest BCUT2D eigenvalue weighted by Gasteiger charge is -2.08. The van der Waals surface area contributed by atoms with E-state index < -0.39 is 21.8 Å². The fourth-order valence-electron chi connectivity index (χ4n) is 1.40. The van der Waals surface area contributed by atoms with Gasteiger partial charge in [0, 0.05) is 5.69 Å². The zero-order chi connectivity index (χ0) is 14.0. The van der Waals surface area contributed by atoms with Crippen LogP contribution in [0.4, 0.5) is 20.3 Å². The highest BCUT2D eigenvalue weighted by Gasteiger charge is 2.16. The van der Waals surface area contributed by atoms with E-state index in [1.54, 1.807) is 0 Å². The van der Waals surface area contributed by atoms with Gasteiger partial charge in [0.15, 0.2) is 0 Å². The summed E-state index contributed by atoms with van der Waals surface area (Å²) in [5.74, 6) is -1.82. The number of sulfonamides is 1. The average molecular weight is 285 g/mol. The smallest absolute Gasteiger partial charge is 0.263 e. The molecule has 1 heterocycles. The molecule has 0 saturated carbocycles. The Balaban J connectivity index is 2.37. The van der Waals surface area contributed by atoms with Crippen molar-refractivity contribution in [2.24, 2.45) is 0 Å². The molecule has 0 aliphatic rings. The predicted octanol–water partition coefficient (Wildman–Crippen LogP) is 1.74. The molecule has 0 saturated heterocycles. The lowest BCUT2D eigenvalue weighted by molar-refractivity contribution is 0.584. The van der Waals surface area contributed by atoms with Crippen molar-refractivity contribution in [1.29, 1.82) is 0 Å². The van der Waals surface area contributed by atoms with E-state index in [1.165, 1.54) is 12.1 Å². The van der Waals surface area contributed by atoms with Crippen LogP contribution in [-0.4, -0.2) is 13.4 Å². The first-order chi connectivity index (χ1) is 8.87. The number of pyridine rings is 1. The van der Waals surface area contributed by atoms with E-state index >= 15 is 0 Å². The van der Waals surface area contributed by atoms with Gasteiger partial charge in [0.2, 0.25) is 5.95 Å². The Kier molecular flexibility index (Phi) is 3.34.